The molecule has 1 heterocycles. The van der Waals surface area contributed by atoms with Gasteiger partial charge in [-0.1, -0.05) is 13.8 Å². The van der Waals surface area contributed by atoms with E-state index in [1.807, 2.05) is 4.90 Å². The number of piperidine rings is 1. The van der Waals surface area contributed by atoms with Gasteiger partial charge in [0, 0.05) is 26.1 Å². The fraction of sp³-hybridized carbons (Fsp3) is 0.923. The third-order valence-electron chi connectivity index (χ3n) is 3.57. The van der Waals surface area contributed by atoms with Crippen molar-refractivity contribution in [1.82, 2.24) is 4.90 Å². The number of hydrogen-bond donors (Lipinski definition) is 0. The van der Waals surface area contributed by atoms with Crippen LogP contribution in [0.1, 0.15) is 39.5 Å². The van der Waals surface area contributed by atoms with E-state index in [0.717, 1.165) is 39.0 Å². The van der Waals surface area contributed by atoms with E-state index in [1.165, 1.54) is 6.42 Å². The first-order valence-corrected chi connectivity index (χ1v) is 6.50. The number of nitrogens with zero attached hydrogens (tertiary/aromatic N) is 1. The molecule has 0 N–H and O–H groups in total. The average molecular weight is 227 g/mol. The number of ether oxygens (including phenoxy) is 1. The Bertz CT molecular complexity index is 212. The summed E-state index contributed by atoms with van der Waals surface area (Å²) in [7, 11) is 1.74. The van der Waals surface area contributed by atoms with Gasteiger partial charge in [-0.15, -0.1) is 0 Å². The summed E-state index contributed by atoms with van der Waals surface area (Å²) in [6.45, 7) is 6.82. The van der Waals surface area contributed by atoms with Crippen molar-refractivity contribution in [2.75, 3.05) is 26.8 Å². The van der Waals surface area contributed by atoms with E-state index in [2.05, 4.69) is 13.8 Å². The molecular weight excluding hydrogens is 202 g/mol. The van der Waals surface area contributed by atoms with Gasteiger partial charge in [0.05, 0.1) is 6.61 Å². The van der Waals surface area contributed by atoms with Crippen molar-refractivity contribution in [2.45, 2.75) is 39.5 Å². The SMILES string of the molecule is CCC(CC)C(=O)N1CCCC(COC)C1. The molecule has 1 fully saturated rings. The molecule has 3 nitrogen and oxygen atoms in total. The Hall–Kier alpha value is -0.570. The Morgan fingerprint density at radius 2 is 2.12 bits per heavy atom. The molecule has 0 spiro atoms. The quantitative estimate of drug-likeness (QED) is 0.721. The van der Waals surface area contributed by atoms with E-state index < -0.39 is 0 Å². The zero-order valence-electron chi connectivity index (χ0n) is 10.9. The predicted molar refractivity (Wildman–Crippen MR) is 65.3 cm³/mol. The van der Waals surface area contributed by atoms with Crippen LogP contribution in [-0.2, 0) is 9.53 Å². The summed E-state index contributed by atoms with van der Waals surface area (Å²) in [6.07, 6.45) is 4.24. The maximum absolute atomic E-state index is 12.2. The summed E-state index contributed by atoms with van der Waals surface area (Å²) < 4.78 is 5.18. The second kappa shape index (κ2) is 6.89. The lowest BCUT2D eigenvalue weighted by atomic mass is 9.95. The lowest BCUT2D eigenvalue weighted by Gasteiger charge is -2.34. The van der Waals surface area contributed by atoms with Crippen molar-refractivity contribution in [3.8, 4) is 0 Å². The first kappa shape index (κ1) is 13.5. The lowest BCUT2D eigenvalue weighted by Crippen LogP contribution is -2.43. The molecule has 0 bridgehead atoms. The highest BCUT2D eigenvalue weighted by molar-refractivity contribution is 5.78. The molecule has 1 rings (SSSR count). The average Bonchev–Trinajstić information content (AvgIpc) is 2.31. The van der Waals surface area contributed by atoms with Crippen LogP contribution in [0.5, 0.6) is 0 Å². The molecule has 3 heteroatoms. The van der Waals surface area contributed by atoms with Gasteiger partial charge in [0.15, 0.2) is 0 Å². The number of likely N-dealkylation sites (tertiary alicyclic amines) is 1. The molecule has 1 saturated heterocycles. The zero-order chi connectivity index (χ0) is 12.0. The van der Waals surface area contributed by atoms with Crippen LogP contribution < -0.4 is 0 Å². The summed E-state index contributed by atoms with van der Waals surface area (Å²) in [5.41, 5.74) is 0. The van der Waals surface area contributed by atoms with Gasteiger partial charge in [0.2, 0.25) is 5.91 Å². The monoisotopic (exact) mass is 227 g/mol. The maximum atomic E-state index is 12.2. The van der Waals surface area contributed by atoms with Crippen molar-refractivity contribution < 1.29 is 9.53 Å². The van der Waals surface area contributed by atoms with Crippen LogP contribution >= 0.6 is 0 Å². The van der Waals surface area contributed by atoms with Gasteiger partial charge in [0.25, 0.3) is 0 Å². The molecular formula is C13H25NO2. The molecule has 0 radical (unpaired) electrons. The number of amides is 1. The number of rotatable bonds is 5. The van der Waals surface area contributed by atoms with Gasteiger partial charge in [-0.3, -0.25) is 4.79 Å². The molecule has 0 aliphatic carbocycles. The third kappa shape index (κ3) is 3.48. The maximum Gasteiger partial charge on any atom is 0.225 e. The highest BCUT2D eigenvalue weighted by atomic mass is 16.5. The first-order chi connectivity index (χ1) is 7.72. The lowest BCUT2D eigenvalue weighted by molar-refractivity contribution is -0.138. The van der Waals surface area contributed by atoms with Gasteiger partial charge < -0.3 is 9.64 Å². The van der Waals surface area contributed by atoms with E-state index >= 15 is 0 Å². The predicted octanol–water partition coefficient (Wildman–Crippen LogP) is 2.31. The van der Waals surface area contributed by atoms with Crippen molar-refractivity contribution in [3.05, 3.63) is 0 Å². The molecule has 1 aliphatic heterocycles. The first-order valence-electron chi connectivity index (χ1n) is 6.50. The Morgan fingerprint density at radius 1 is 1.44 bits per heavy atom. The minimum absolute atomic E-state index is 0.223. The van der Waals surface area contributed by atoms with Crippen LogP contribution in [0.15, 0.2) is 0 Å². The largest absolute Gasteiger partial charge is 0.384 e. The van der Waals surface area contributed by atoms with E-state index in [1.54, 1.807) is 7.11 Å². The number of hydrogen-bond acceptors (Lipinski definition) is 2. The van der Waals surface area contributed by atoms with Gasteiger partial charge in [-0.05, 0) is 31.6 Å². The van der Waals surface area contributed by atoms with Crippen molar-refractivity contribution >= 4 is 5.91 Å². The van der Waals surface area contributed by atoms with E-state index in [0.29, 0.717) is 11.8 Å². The molecule has 0 aromatic carbocycles. The number of carbonyl (C=O) groups excluding carboxylic acids is 1. The Balaban J connectivity index is 2.49. The normalized spacial score (nSPS) is 21.5. The van der Waals surface area contributed by atoms with E-state index in [-0.39, 0.29) is 5.92 Å². The second-order valence-corrected chi connectivity index (χ2v) is 4.76. The van der Waals surface area contributed by atoms with Gasteiger partial charge >= 0.3 is 0 Å². The van der Waals surface area contributed by atoms with Gasteiger partial charge in [0.1, 0.15) is 0 Å². The minimum atomic E-state index is 0.223. The topological polar surface area (TPSA) is 29.5 Å². The van der Waals surface area contributed by atoms with Crippen LogP contribution in [0, 0.1) is 11.8 Å². The Morgan fingerprint density at radius 3 is 2.69 bits per heavy atom. The minimum Gasteiger partial charge on any atom is -0.384 e. The standard InChI is InChI=1S/C13H25NO2/c1-4-12(5-2)13(15)14-8-6-7-11(9-14)10-16-3/h11-12H,4-10H2,1-3H3. The molecule has 0 saturated carbocycles. The second-order valence-electron chi connectivity index (χ2n) is 4.76. The molecule has 16 heavy (non-hydrogen) atoms. The summed E-state index contributed by atoms with van der Waals surface area (Å²) in [5.74, 6) is 1.11. The van der Waals surface area contributed by atoms with Crippen LogP contribution in [0.3, 0.4) is 0 Å². The fourth-order valence-corrected chi connectivity index (χ4v) is 2.53. The highest BCUT2D eigenvalue weighted by Crippen LogP contribution is 2.20. The van der Waals surface area contributed by atoms with E-state index in [9.17, 15) is 4.79 Å². The van der Waals surface area contributed by atoms with Crippen LogP contribution in [0.2, 0.25) is 0 Å². The number of carbonyl (C=O) groups is 1. The molecule has 94 valence electrons. The van der Waals surface area contributed by atoms with Crippen molar-refractivity contribution in [1.29, 1.82) is 0 Å². The Labute approximate surface area is 99.1 Å². The highest BCUT2D eigenvalue weighted by Gasteiger charge is 2.26. The molecule has 1 atom stereocenters. The van der Waals surface area contributed by atoms with Crippen LogP contribution in [0.25, 0.3) is 0 Å². The fourth-order valence-electron chi connectivity index (χ4n) is 2.53. The van der Waals surface area contributed by atoms with Crippen LogP contribution in [-0.4, -0.2) is 37.6 Å². The van der Waals surface area contributed by atoms with Crippen molar-refractivity contribution in [2.24, 2.45) is 11.8 Å². The Kier molecular flexibility index (Phi) is 5.81. The third-order valence-corrected chi connectivity index (χ3v) is 3.57. The molecule has 1 unspecified atom stereocenters. The molecule has 1 aliphatic rings. The zero-order valence-corrected chi connectivity index (χ0v) is 10.9. The summed E-state index contributed by atoms with van der Waals surface area (Å²) in [6, 6.07) is 0. The summed E-state index contributed by atoms with van der Waals surface area (Å²) in [5, 5.41) is 0. The molecule has 1 amide bonds. The molecule has 0 aromatic heterocycles. The molecule has 0 aromatic rings. The smallest absolute Gasteiger partial charge is 0.225 e. The van der Waals surface area contributed by atoms with Crippen LogP contribution in [0.4, 0.5) is 0 Å². The van der Waals surface area contributed by atoms with Gasteiger partial charge in [-0.2, -0.15) is 0 Å². The summed E-state index contributed by atoms with van der Waals surface area (Å²) >= 11 is 0. The number of methoxy groups -OCH3 is 1. The van der Waals surface area contributed by atoms with Gasteiger partial charge in [-0.25, -0.2) is 0 Å². The van der Waals surface area contributed by atoms with E-state index in [4.69, 9.17) is 4.74 Å². The summed E-state index contributed by atoms with van der Waals surface area (Å²) in [4.78, 5) is 14.2. The van der Waals surface area contributed by atoms with Crippen molar-refractivity contribution in [3.63, 3.8) is 0 Å².